The maximum Gasteiger partial charge on any atom is 0.275 e. The minimum Gasteiger partial charge on any atom is -0.322 e. The normalized spacial score (nSPS) is 10.9. The predicted molar refractivity (Wildman–Crippen MR) is 114 cm³/mol. The van der Waals surface area contributed by atoms with Gasteiger partial charge in [0, 0.05) is 27.6 Å². The summed E-state index contributed by atoms with van der Waals surface area (Å²) >= 11 is 1.43. The van der Waals surface area contributed by atoms with E-state index >= 15 is 0 Å². The number of anilines is 1. The van der Waals surface area contributed by atoms with Crippen LogP contribution in [0.4, 0.5) is 5.69 Å². The molecule has 0 aliphatic carbocycles. The summed E-state index contributed by atoms with van der Waals surface area (Å²) in [5.74, 6) is -0.276. The van der Waals surface area contributed by atoms with E-state index in [2.05, 4.69) is 15.3 Å². The first-order chi connectivity index (χ1) is 13.6. The molecule has 0 fully saturated rings. The number of aromatic nitrogens is 2. The van der Waals surface area contributed by atoms with Gasteiger partial charge in [-0.05, 0) is 31.0 Å². The predicted octanol–water partition coefficient (Wildman–Crippen LogP) is 4.77. The molecule has 140 valence electrons. The van der Waals surface area contributed by atoms with Crippen LogP contribution in [0.25, 0.3) is 21.5 Å². The summed E-state index contributed by atoms with van der Waals surface area (Å²) in [4.78, 5) is 32.2. The highest BCUT2D eigenvalue weighted by Crippen LogP contribution is 2.25. The zero-order valence-corrected chi connectivity index (χ0v) is 16.4. The maximum absolute atomic E-state index is 12.6. The van der Waals surface area contributed by atoms with Gasteiger partial charge in [0.05, 0.1) is 5.52 Å². The van der Waals surface area contributed by atoms with E-state index in [9.17, 15) is 9.59 Å². The number of fused-ring (bicyclic) bond motifs is 1. The highest BCUT2D eigenvalue weighted by molar-refractivity contribution is 7.13. The first-order valence-electron chi connectivity index (χ1n) is 9.04. The van der Waals surface area contributed by atoms with Crippen LogP contribution >= 0.6 is 11.3 Å². The third-order valence-corrected chi connectivity index (χ3v) is 5.66. The van der Waals surface area contributed by atoms with E-state index in [1.165, 1.54) is 11.3 Å². The second-order valence-electron chi connectivity index (χ2n) is 6.53. The number of amides is 1. The van der Waals surface area contributed by atoms with E-state index in [1.807, 2.05) is 56.3 Å². The SMILES string of the molecule is CCc1c(C)c2ccc(NC(=O)c3csc(-c4ccccc4)n3)cc2[nH]c1=O. The van der Waals surface area contributed by atoms with Crippen LogP contribution in [0.2, 0.25) is 0 Å². The van der Waals surface area contributed by atoms with E-state index in [0.717, 1.165) is 27.1 Å². The highest BCUT2D eigenvalue weighted by atomic mass is 32.1. The minimum atomic E-state index is -0.276. The molecule has 2 aromatic carbocycles. The van der Waals surface area contributed by atoms with Gasteiger partial charge in [-0.1, -0.05) is 43.3 Å². The molecule has 1 amide bonds. The molecule has 0 unspecified atom stereocenters. The second-order valence-corrected chi connectivity index (χ2v) is 7.39. The van der Waals surface area contributed by atoms with E-state index in [0.29, 0.717) is 23.3 Å². The van der Waals surface area contributed by atoms with Gasteiger partial charge < -0.3 is 10.3 Å². The van der Waals surface area contributed by atoms with Crippen molar-refractivity contribution in [1.82, 2.24) is 9.97 Å². The van der Waals surface area contributed by atoms with E-state index in [-0.39, 0.29) is 11.5 Å². The lowest BCUT2D eigenvalue weighted by atomic mass is 10.0. The maximum atomic E-state index is 12.6. The fourth-order valence-electron chi connectivity index (χ4n) is 3.30. The highest BCUT2D eigenvalue weighted by Gasteiger charge is 2.13. The van der Waals surface area contributed by atoms with Crippen LogP contribution in [0.3, 0.4) is 0 Å². The number of aryl methyl sites for hydroxylation is 1. The zero-order valence-electron chi connectivity index (χ0n) is 15.6. The monoisotopic (exact) mass is 389 g/mol. The largest absolute Gasteiger partial charge is 0.322 e. The van der Waals surface area contributed by atoms with Crippen LogP contribution in [0, 0.1) is 6.92 Å². The van der Waals surface area contributed by atoms with Crippen molar-refractivity contribution in [3.05, 3.63) is 81.1 Å². The van der Waals surface area contributed by atoms with Crippen molar-refractivity contribution in [2.75, 3.05) is 5.32 Å². The molecule has 0 atom stereocenters. The molecule has 2 heterocycles. The number of nitrogens with zero attached hydrogens (tertiary/aromatic N) is 1. The number of H-pyrrole nitrogens is 1. The van der Waals surface area contributed by atoms with Gasteiger partial charge in [-0.25, -0.2) is 4.98 Å². The Balaban J connectivity index is 1.61. The molecule has 0 spiro atoms. The molecule has 0 radical (unpaired) electrons. The zero-order chi connectivity index (χ0) is 19.7. The molecule has 2 N–H and O–H groups in total. The van der Waals surface area contributed by atoms with Gasteiger partial charge in [-0.3, -0.25) is 9.59 Å². The Morgan fingerprint density at radius 2 is 1.96 bits per heavy atom. The summed E-state index contributed by atoms with van der Waals surface area (Å²) in [5, 5.41) is 6.40. The van der Waals surface area contributed by atoms with Crippen molar-refractivity contribution in [1.29, 1.82) is 0 Å². The van der Waals surface area contributed by atoms with Gasteiger partial charge in [0.15, 0.2) is 0 Å². The number of benzene rings is 2. The van der Waals surface area contributed by atoms with Crippen LogP contribution in [0.5, 0.6) is 0 Å². The van der Waals surface area contributed by atoms with Crippen molar-refractivity contribution >= 4 is 33.8 Å². The topological polar surface area (TPSA) is 74.8 Å². The quantitative estimate of drug-likeness (QED) is 0.528. The molecule has 4 rings (SSSR count). The first kappa shape index (κ1) is 18.1. The smallest absolute Gasteiger partial charge is 0.275 e. The number of hydrogen-bond acceptors (Lipinski definition) is 4. The molecule has 4 aromatic rings. The van der Waals surface area contributed by atoms with Crippen molar-refractivity contribution < 1.29 is 4.79 Å². The van der Waals surface area contributed by atoms with E-state index < -0.39 is 0 Å². The Morgan fingerprint density at radius 1 is 1.18 bits per heavy atom. The molecule has 0 bridgehead atoms. The first-order valence-corrected chi connectivity index (χ1v) is 9.92. The molecule has 0 aliphatic rings. The number of rotatable bonds is 4. The standard InChI is InChI=1S/C22H19N3O2S/c1-3-16-13(2)17-10-9-15(11-18(17)24-20(16)26)23-21(27)19-12-28-22(25-19)14-7-5-4-6-8-14/h4-12H,3H2,1-2H3,(H,23,27)(H,24,26). The minimum absolute atomic E-state index is 0.0806. The van der Waals surface area contributed by atoms with Gasteiger partial charge in [0.2, 0.25) is 0 Å². The van der Waals surface area contributed by atoms with Gasteiger partial charge in [-0.2, -0.15) is 0 Å². The van der Waals surface area contributed by atoms with Crippen molar-refractivity contribution in [2.24, 2.45) is 0 Å². The van der Waals surface area contributed by atoms with E-state index in [4.69, 9.17) is 0 Å². The lowest BCUT2D eigenvalue weighted by molar-refractivity contribution is 0.102. The molecular formula is C22H19N3O2S. The Morgan fingerprint density at radius 3 is 2.71 bits per heavy atom. The average Bonchev–Trinajstić information content (AvgIpc) is 3.19. The van der Waals surface area contributed by atoms with Crippen LogP contribution in [-0.2, 0) is 6.42 Å². The second kappa shape index (κ2) is 7.40. The molecular weight excluding hydrogens is 370 g/mol. The average molecular weight is 389 g/mol. The van der Waals surface area contributed by atoms with Crippen molar-refractivity contribution in [3.8, 4) is 10.6 Å². The van der Waals surface area contributed by atoms with Crippen LogP contribution in [0.1, 0.15) is 28.5 Å². The van der Waals surface area contributed by atoms with Crippen LogP contribution < -0.4 is 10.9 Å². The molecule has 28 heavy (non-hydrogen) atoms. The lowest BCUT2D eigenvalue weighted by Gasteiger charge is -2.09. The molecule has 0 saturated heterocycles. The Kier molecular flexibility index (Phi) is 4.79. The summed E-state index contributed by atoms with van der Waals surface area (Å²) in [6, 6.07) is 15.3. The van der Waals surface area contributed by atoms with Crippen LogP contribution in [-0.4, -0.2) is 15.9 Å². The fraction of sp³-hybridized carbons (Fsp3) is 0.136. The number of nitrogens with one attached hydrogen (secondary N) is 2. The summed E-state index contributed by atoms with van der Waals surface area (Å²) in [6.45, 7) is 3.92. The lowest BCUT2D eigenvalue weighted by Crippen LogP contribution is -2.15. The van der Waals surface area contributed by atoms with Crippen molar-refractivity contribution in [3.63, 3.8) is 0 Å². The van der Waals surface area contributed by atoms with Crippen LogP contribution in [0.15, 0.2) is 58.7 Å². The summed E-state index contributed by atoms with van der Waals surface area (Å²) < 4.78 is 0. The number of aromatic amines is 1. The molecule has 5 nitrogen and oxygen atoms in total. The number of hydrogen-bond donors (Lipinski definition) is 2. The van der Waals surface area contributed by atoms with Gasteiger partial charge in [-0.15, -0.1) is 11.3 Å². The van der Waals surface area contributed by atoms with Gasteiger partial charge in [0.25, 0.3) is 11.5 Å². The summed E-state index contributed by atoms with van der Waals surface area (Å²) in [6.07, 6.45) is 0.684. The third kappa shape index (κ3) is 3.34. The Labute approximate surface area is 166 Å². The third-order valence-electron chi connectivity index (χ3n) is 4.77. The summed E-state index contributed by atoms with van der Waals surface area (Å²) in [7, 11) is 0. The number of carbonyl (C=O) groups is 1. The molecule has 0 saturated carbocycles. The molecule has 6 heteroatoms. The van der Waals surface area contributed by atoms with Gasteiger partial charge >= 0.3 is 0 Å². The Bertz CT molecular complexity index is 1230. The van der Waals surface area contributed by atoms with Gasteiger partial charge in [0.1, 0.15) is 10.7 Å². The number of carbonyl (C=O) groups excluding carboxylic acids is 1. The number of thiazole rings is 1. The van der Waals surface area contributed by atoms with Crippen molar-refractivity contribution in [2.45, 2.75) is 20.3 Å². The van der Waals surface area contributed by atoms with E-state index in [1.54, 1.807) is 11.4 Å². The number of pyridine rings is 1. The summed E-state index contributed by atoms with van der Waals surface area (Å²) in [5.41, 5.74) is 4.37. The molecule has 2 aromatic heterocycles. The fourth-order valence-corrected chi connectivity index (χ4v) is 4.10. The molecule has 0 aliphatic heterocycles. The Hall–Kier alpha value is -3.25.